The summed E-state index contributed by atoms with van der Waals surface area (Å²) in [7, 11) is 0. The van der Waals surface area contributed by atoms with E-state index in [0.717, 1.165) is 0 Å². The molecule has 0 saturated heterocycles. The molecule has 1 atom stereocenters. The number of esters is 2. The topological polar surface area (TPSA) is 52.6 Å². The van der Waals surface area contributed by atoms with Crippen LogP contribution in [0.15, 0.2) is 43.0 Å². The molecular formula is C13H14O4. The minimum absolute atomic E-state index is 0.103. The molecule has 0 aliphatic heterocycles. The maximum atomic E-state index is 11.6. The van der Waals surface area contributed by atoms with Crippen LogP contribution in [0.2, 0.25) is 0 Å². The molecule has 1 aromatic rings. The molecule has 0 aliphatic carbocycles. The van der Waals surface area contributed by atoms with Crippen LogP contribution >= 0.6 is 0 Å². The zero-order valence-corrected chi connectivity index (χ0v) is 9.59. The van der Waals surface area contributed by atoms with Crippen molar-refractivity contribution in [3.63, 3.8) is 0 Å². The van der Waals surface area contributed by atoms with Crippen LogP contribution in [-0.4, -0.2) is 24.6 Å². The molecule has 0 amide bonds. The van der Waals surface area contributed by atoms with Crippen LogP contribution in [-0.2, 0) is 14.3 Å². The van der Waals surface area contributed by atoms with Crippen molar-refractivity contribution in [2.75, 3.05) is 6.61 Å². The van der Waals surface area contributed by atoms with Crippen LogP contribution in [0.1, 0.15) is 17.3 Å². The summed E-state index contributed by atoms with van der Waals surface area (Å²) in [5.74, 6) is -1.14. The Bertz CT molecular complexity index is 397. The highest BCUT2D eigenvalue weighted by molar-refractivity contribution is 5.91. The summed E-state index contributed by atoms with van der Waals surface area (Å²) in [5.41, 5.74) is 0.399. The summed E-state index contributed by atoms with van der Waals surface area (Å²) in [5, 5.41) is 0. The number of benzene rings is 1. The van der Waals surface area contributed by atoms with E-state index in [9.17, 15) is 9.59 Å². The molecule has 4 heteroatoms. The molecule has 1 aromatic carbocycles. The largest absolute Gasteiger partial charge is 0.459 e. The van der Waals surface area contributed by atoms with E-state index in [1.807, 2.05) is 0 Å². The molecule has 0 unspecified atom stereocenters. The maximum absolute atomic E-state index is 11.6. The monoisotopic (exact) mass is 234 g/mol. The Morgan fingerprint density at radius 3 is 2.59 bits per heavy atom. The highest BCUT2D eigenvalue weighted by Gasteiger charge is 2.19. The first kappa shape index (κ1) is 13.0. The quantitative estimate of drug-likeness (QED) is 0.577. The summed E-state index contributed by atoms with van der Waals surface area (Å²) < 4.78 is 9.70. The third-order valence-electron chi connectivity index (χ3n) is 1.97. The van der Waals surface area contributed by atoms with Crippen molar-refractivity contribution in [3.05, 3.63) is 48.6 Å². The van der Waals surface area contributed by atoms with E-state index in [0.29, 0.717) is 5.56 Å². The van der Waals surface area contributed by atoms with Crippen molar-refractivity contribution in [1.29, 1.82) is 0 Å². The fourth-order valence-corrected chi connectivity index (χ4v) is 1.11. The van der Waals surface area contributed by atoms with Crippen LogP contribution in [0, 0.1) is 0 Å². The van der Waals surface area contributed by atoms with Gasteiger partial charge in [0.25, 0.3) is 0 Å². The molecule has 90 valence electrons. The molecule has 0 N–H and O–H groups in total. The van der Waals surface area contributed by atoms with Gasteiger partial charge in [0.05, 0.1) is 5.56 Å². The standard InChI is InChI=1S/C13H14O4/c1-3-9-16-12(14)10(2)17-13(15)11-7-5-4-6-8-11/h3-8,10H,1,9H2,2H3/t10-/m1/s1. The molecule has 0 spiro atoms. The lowest BCUT2D eigenvalue weighted by molar-refractivity contribution is -0.151. The minimum Gasteiger partial charge on any atom is -0.459 e. The van der Waals surface area contributed by atoms with Crippen molar-refractivity contribution in [2.45, 2.75) is 13.0 Å². The predicted molar refractivity (Wildman–Crippen MR) is 62.5 cm³/mol. The van der Waals surface area contributed by atoms with Crippen molar-refractivity contribution in [2.24, 2.45) is 0 Å². The second-order valence-corrected chi connectivity index (χ2v) is 3.33. The van der Waals surface area contributed by atoms with Gasteiger partial charge in [0, 0.05) is 0 Å². The Labute approximate surface area is 99.8 Å². The Kier molecular flexibility index (Phi) is 4.94. The first-order valence-corrected chi connectivity index (χ1v) is 5.18. The molecule has 0 aliphatic rings. The average Bonchev–Trinajstić information content (AvgIpc) is 2.36. The van der Waals surface area contributed by atoms with Gasteiger partial charge in [0.2, 0.25) is 0 Å². The minimum atomic E-state index is -0.928. The Morgan fingerprint density at radius 1 is 1.35 bits per heavy atom. The SMILES string of the molecule is C=CCOC(=O)[C@@H](C)OC(=O)c1ccccc1. The molecule has 0 radical (unpaired) electrons. The van der Waals surface area contributed by atoms with Crippen LogP contribution in [0.3, 0.4) is 0 Å². The zero-order valence-electron chi connectivity index (χ0n) is 9.59. The number of carbonyl (C=O) groups excluding carboxylic acids is 2. The van der Waals surface area contributed by atoms with Gasteiger partial charge in [0.15, 0.2) is 6.10 Å². The van der Waals surface area contributed by atoms with Crippen LogP contribution in [0.4, 0.5) is 0 Å². The van der Waals surface area contributed by atoms with Crippen LogP contribution in [0.25, 0.3) is 0 Å². The molecule has 0 fully saturated rings. The fourth-order valence-electron chi connectivity index (χ4n) is 1.11. The normalized spacial score (nSPS) is 11.4. The van der Waals surface area contributed by atoms with Crippen molar-refractivity contribution >= 4 is 11.9 Å². The highest BCUT2D eigenvalue weighted by Crippen LogP contribution is 2.04. The lowest BCUT2D eigenvalue weighted by Crippen LogP contribution is -2.26. The summed E-state index contributed by atoms with van der Waals surface area (Å²) in [6, 6.07) is 8.46. The summed E-state index contributed by atoms with van der Waals surface area (Å²) in [4.78, 5) is 22.9. The molecule has 4 nitrogen and oxygen atoms in total. The van der Waals surface area contributed by atoms with E-state index in [1.54, 1.807) is 30.3 Å². The molecule has 0 bridgehead atoms. The van der Waals surface area contributed by atoms with Gasteiger partial charge in [-0.15, -0.1) is 0 Å². The average molecular weight is 234 g/mol. The van der Waals surface area contributed by atoms with Gasteiger partial charge < -0.3 is 9.47 Å². The van der Waals surface area contributed by atoms with Crippen LogP contribution < -0.4 is 0 Å². The number of hydrogen-bond acceptors (Lipinski definition) is 4. The van der Waals surface area contributed by atoms with Crippen molar-refractivity contribution < 1.29 is 19.1 Å². The second kappa shape index (κ2) is 6.48. The van der Waals surface area contributed by atoms with Crippen molar-refractivity contribution in [3.8, 4) is 0 Å². The second-order valence-electron chi connectivity index (χ2n) is 3.33. The van der Waals surface area contributed by atoms with E-state index in [1.165, 1.54) is 13.0 Å². The lowest BCUT2D eigenvalue weighted by Gasteiger charge is -2.11. The smallest absolute Gasteiger partial charge is 0.347 e. The summed E-state index contributed by atoms with van der Waals surface area (Å²) in [6.07, 6.45) is 0.520. The fraction of sp³-hybridized carbons (Fsp3) is 0.231. The first-order valence-electron chi connectivity index (χ1n) is 5.18. The van der Waals surface area contributed by atoms with Gasteiger partial charge in [-0.05, 0) is 19.1 Å². The molecule has 1 rings (SSSR count). The van der Waals surface area contributed by atoms with Crippen LogP contribution in [0.5, 0.6) is 0 Å². The van der Waals surface area contributed by atoms with Crippen molar-refractivity contribution in [1.82, 2.24) is 0 Å². The molecule has 0 aromatic heterocycles. The number of rotatable bonds is 5. The van der Waals surface area contributed by atoms with Gasteiger partial charge in [-0.1, -0.05) is 30.9 Å². The first-order chi connectivity index (χ1) is 8.15. The highest BCUT2D eigenvalue weighted by atomic mass is 16.6. The molecule has 0 saturated carbocycles. The molecule has 0 heterocycles. The number of hydrogen-bond donors (Lipinski definition) is 0. The summed E-state index contributed by atoms with van der Waals surface area (Å²) in [6.45, 7) is 4.98. The van der Waals surface area contributed by atoms with E-state index in [-0.39, 0.29) is 6.61 Å². The van der Waals surface area contributed by atoms with Gasteiger partial charge in [-0.25, -0.2) is 9.59 Å². The molecule has 17 heavy (non-hydrogen) atoms. The van der Waals surface area contributed by atoms with E-state index in [4.69, 9.17) is 9.47 Å². The summed E-state index contributed by atoms with van der Waals surface area (Å²) >= 11 is 0. The zero-order chi connectivity index (χ0) is 12.7. The number of carbonyl (C=O) groups is 2. The van der Waals surface area contributed by atoms with Gasteiger partial charge in [-0.3, -0.25) is 0 Å². The van der Waals surface area contributed by atoms with Gasteiger partial charge >= 0.3 is 11.9 Å². The molecular weight excluding hydrogens is 220 g/mol. The lowest BCUT2D eigenvalue weighted by atomic mass is 10.2. The van der Waals surface area contributed by atoms with Gasteiger partial charge in [0.1, 0.15) is 6.61 Å². The van der Waals surface area contributed by atoms with E-state index in [2.05, 4.69) is 6.58 Å². The Morgan fingerprint density at radius 2 is 2.00 bits per heavy atom. The van der Waals surface area contributed by atoms with Gasteiger partial charge in [-0.2, -0.15) is 0 Å². The van der Waals surface area contributed by atoms with E-state index >= 15 is 0 Å². The Balaban J connectivity index is 2.51. The Hall–Kier alpha value is -2.10. The number of ether oxygens (including phenoxy) is 2. The maximum Gasteiger partial charge on any atom is 0.347 e. The van der Waals surface area contributed by atoms with E-state index < -0.39 is 18.0 Å². The third kappa shape index (κ3) is 4.10. The predicted octanol–water partition coefficient (Wildman–Crippen LogP) is 1.96. The third-order valence-corrected chi connectivity index (χ3v) is 1.97.